The summed E-state index contributed by atoms with van der Waals surface area (Å²) in [7, 11) is 0. The van der Waals surface area contributed by atoms with E-state index in [9.17, 15) is 4.79 Å². The van der Waals surface area contributed by atoms with Crippen molar-refractivity contribution >= 4 is 44.2 Å². The number of halogens is 1. The summed E-state index contributed by atoms with van der Waals surface area (Å²) in [5, 5.41) is 4.15. The summed E-state index contributed by atoms with van der Waals surface area (Å²) in [5.74, 6) is -0.139. The van der Waals surface area contributed by atoms with E-state index in [1.165, 1.54) is 11.3 Å². The average molecular weight is 331 g/mol. The van der Waals surface area contributed by atoms with E-state index in [1.807, 2.05) is 51.1 Å². The van der Waals surface area contributed by atoms with E-state index in [0.717, 1.165) is 26.9 Å². The number of anilines is 1. The Hall–Kier alpha value is -1.91. The molecule has 0 aliphatic carbocycles. The normalized spacial score (nSPS) is 10.9. The third-order valence-electron chi connectivity index (χ3n) is 3.50. The molecule has 0 bridgehead atoms. The van der Waals surface area contributed by atoms with Gasteiger partial charge in [-0.25, -0.2) is 4.98 Å². The Morgan fingerprint density at radius 3 is 2.64 bits per heavy atom. The Bertz CT molecular complexity index is 886. The number of carbonyl (C=O) groups excluding carboxylic acids is 1. The molecule has 3 rings (SSSR count). The summed E-state index contributed by atoms with van der Waals surface area (Å²) < 4.78 is 0.973. The predicted octanol–water partition coefficient (Wildman–Crippen LogP) is 5.13. The molecule has 3 aromatic rings. The maximum atomic E-state index is 12.4. The molecule has 22 heavy (non-hydrogen) atoms. The van der Waals surface area contributed by atoms with Gasteiger partial charge in [0.2, 0.25) is 0 Å². The van der Waals surface area contributed by atoms with Crippen LogP contribution in [0.1, 0.15) is 27.0 Å². The van der Waals surface area contributed by atoms with Gasteiger partial charge in [0.05, 0.1) is 10.2 Å². The van der Waals surface area contributed by atoms with E-state index in [-0.39, 0.29) is 5.91 Å². The second kappa shape index (κ2) is 5.71. The van der Waals surface area contributed by atoms with Crippen molar-refractivity contribution in [2.45, 2.75) is 20.8 Å². The van der Waals surface area contributed by atoms with Crippen molar-refractivity contribution in [2.24, 2.45) is 0 Å². The Morgan fingerprint density at radius 2 is 1.91 bits per heavy atom. The monoisotopic (exact) mass is 330 g/mol. The van der Waals surface area contributed by atoms with E-state index in [0.29, 0.717) is 15.7 Å². The highest BCUT2D eigenvalue weighted by Gasteiger charge is 2.13. The van der Waals surface area contributed by atoms with Crippen LogP contribution in [0.25, 0.3) is 10.2 Å². The first kappa shape index (κ1) is 15.0. The highest BCUT2D eigenvalue weighted by Crippen LogP contribution is 2.31. The lowest BCUT2D eigenvalue weighted by molar-refractivity contribution is 0.102. The third kappa shape index (κ3) is 2.85. The zero-order valence-corrected chi connectivity index (χ0v) is 14.1. The van der Waals surface area contributed by atoms with Crippen molar-refractivity contribution in [1.82, 2.24) is 4.98 Å². The first-order valence-corrected chi connectivity index (χ1v) is 8.09. The van der Waals surface area contributed by atoms with Gasteiger partial charge in [0.25, 0.3) is 5.91 Å². The summed E-state index contributed by atoms with van der Waals surface area (Å²) in [4.78, 5) is 16.9. The van der Waals surface area contributed by atoms with Gasteiger partial charge in [-0.05, 0) is 50.1 Å². The Kier molecular flexibility index (Phi) is 3.89. The van der Waals surface area contributed by atoms with Crippen LogP contribution in [0.3, 0.4) is 0 Å². The van der Waals surface area contributed by atoms with Crippen molar-refractivity contribution < 1.29 is 4.79 Å². The second-order valence-electron chi connectivity index (χ2n) is 5.36. The minimum atomic E-state index is -0.139. The molecule has 0 saturated carbocycles. The summed E-state index contributed by atoms with van der Waals surface area (Å²) in [5.41, 5.74) is 4.65. The fourth-order valence-electron chi connectivity index (χ4n) is 2.44. The number of benzene rings is 2. The Morgan fingerprint density at radius 1 is 1.14 bits per heavy atom. The molecule has 1 aromatic heterocycles. The lowest BCUT2D eigenvalue weighted by Gasteiger charge is -2.06. The largest absolute Gasteiger partial charge is 0.298 e. The SMILES string of the molecule is Cc1ccc(C(=O)Nc2nc3c(C)cc(Cl)cc3s2)c(C)c1. The second-order valence-corrected chi connectivity index (χ2v) is 6.83. The lowest BCUT2D eigenvalue weighted by atomic mass is 10.1. The molecule has 2 aromatic carbocycles. The Balaban J connectivity index is 1.92. The zero-order valence-electron chi connectivity index (χ0n) is 12.5. The summed E-state index contributed by atoms with van der Waals surface area (Å²) in [6.07, 6.45) is 0. The van der Waals surface area contributed by atoms with Crippen LogP contribution in [0.2, 0.25) is 5.02 Å². The van der Waals surface area contributed by atoms with Gasteiger partial charge in [-0.15, -0.1) is 0 Å². The number of nitrogens with one attached hydrogen (secondary N) is 1. The minimum Gasteiger partial charge on any atom is -0.298 e. The number of rotatable bonds is 2. The molecule has 0 radical (unpaired) electrons. The fourth-order valence-corrected chi connectivity index (χ4v) is 3.76. The van der Waals surface area contributed by atoms with E-state index in [2.05, 4.69) is 10.3 Å². The number of aromatic nitrogens is 1. The maximum absolute atomic E-state index is 12.4. The molecule has 0 saturated heterocycles. The molecule has 0 aliphatic heterocycles. The molecular formula is C17H15ClN2OS. The van der Waals surface area contributed by atoms with Crippen molar-refractivity contribution in [1.29, 1.82) is 0 Å². The van der Waals surface area contributed by atoms with Gasteiger partial charge < -0.3 is 0 Å². The number of hydrogen-bond acceptors (Lipinski definition) is 3. The summed E-state index contributed by atoms with van der Waals surface area (Å²) in [6.45, 7) is 5.91. The average Bonchev–Trinajstić information content (AvgIpc) is 2.81. The number of aryl methyl sites for hydroxylation is 3. The standard InChI is InChI=1S/C17H15ClN2OS/c1-9-4-5-13(10(2)6-9)16(21)20-17-19-15-11(3)7-12(18)8-14(15)22-17/h4-8H,1-3H3,(H,19,20,21). The van der Waals surface area contributed by atoms with Gasteiger partial charge in [-0.1, -0.05) is 40.6 Å². The molecule has 1 heterocycles. The number of thiazole rings is 1. The van der Waals surface area contributed by atoms with Crippen LogP contribution in [0, 0.1) is 20.8 Å². The van der Waals surface area contributed by atoms with Crippen LogP contribution in [-0.2, 0) is 0 Å². The van der Waals surface area contributed by atoms with E-state index in [1.54, 1.807) is 0 Å². The molecule has 3 nitrogen and oxygen atoms in total. The minimum absolute atomic E-state index is 0.139. The molecule has 0 fully saturated rings. The van der Waals surface area contributed by atoms with Crippen LogP contribution < -0.4 is 5.32 Å². The molecular weight excluding hydrogens is 316 g/mol. The molecule has 1 amide bonds. The fraction of sp³-hybridized carbons (Fsp3) is 0.176. The van der Waals surface area contributed by atoms with Crippen LogP contribution in [-0.4, -0.2) is 10.9 Å². The molecule has 1 N–H and O–H groups in total. The summed E-state index contributed by atoms with van der Waals surface area (Å²) in [6, 6.07) is 9.52. The Labute approximate surface area is 138 Å². The van der Waals surface area contributed by atoms with Crippen molar-refractivity contribution in [3.63, 3.8) is 0 Å². The molecule has 5 heteroatoms. The topological polar surface area (TPSA) is 42.0 Å². The molecule has 0 atom stereocenters. The van der Waals surface area contributed by atoms with Crippen LogP contribution in [0.5, 0.6) is 0 Å². The van der Waals surface area contributed by atoms with Crippen LogP contribution in [0.15, 0.2) is 30.3 Å². The van der Waals surface area contributed by atoms with Crippen molar-refractivity contribution in [2.75, 3.05) is 5.32 Å². The lowest BCUT2D eigenvalue weighted by Crippen LogP contribution is -2.13. The predicted molar refractivity (Wildman–Crippen MR) is 93.2 cm³/mol. The quantitative estimate of drug-likeness (QED) is 0.708. The van der Waals surface area contributed by atoms with E-state index < -0.39 is 0 Å². The van der Waals surface area contributed by atoms with Gasteiger partial charge in [0, 0.05) is 10.6 Å². The highest BCUT2D eigenvalue weighted by molar-refractivity contribution is 7.22. The van der Waals surface area contributed by atoms with Gasteiger partial charge in [-0.3, -0.25) is 10.1 Å². The van der Waals surface area contributed by atoms with Crippen LogP contribution >= 0.6 is 22.9 Å². The highest BCUT2D eigenvalue weighted by atomic mass is 35.5. The van der Waals surface area contributed by atoms with Gasteiger partial charge in [0.15, 0.2) is 5.13 Å². The van der Waals surface area contributed by atoms with Gasteiger partial charge in [-0.2, -0.15) is 0 Å². The van der Waals surface area contributed by atoms with Gasteiger partial charge >= 0.3 is 0 Å². The van der Waals surface area contributed by atoms with Crippen molar-refractivity contribution in [3.8, 4) is 0 Å². The molecule has 0 aliphatic rings. The maximum Gasteiger partial charge on any atom is 0.257 e. The summed E-state index contributed by atoms with van der Waals surface area (Å²) >= 11 is 7.49. The van der Waals surface area contributed by atoms with Gasteiger partial charge in [0.1, 0.15) is 0 Å². The molecule has 112 valence electrons. The number of fused-ring (bicyclic) bond motifs is 1. The zero-order chi connectivity index (χ0) is 15.9. The van der Waals surface area contributed by atoms with Crippen LogP contribution in [0.4, 0.5) is 5.13 Å². The molecule has 0 unspecified atom stereocenters. The first-order valence-electron chi connectivity index (χ1n) is 6.89. The first-order chi connectivity index (χ1) is 10.4. The molecule has 0 spiro atoms. The van der Waals surface area contributed by atoms with E-state index in [4.69, 9.17) is 11.6 Å². The number of nitrogens with zero attached hydrogens (tertiary/aromatic N) is 1. The smallest absolute Gasteiger partial charge is 0.257 e. The third-order valence-corrected chi connectivity index (χ3v) is 4.63. The van der Waals surface area contributed by atoms with Crippen molar-refractivity contribution in [3.05, 3.63) is 57.6 Å². The number of carbonyl (C=O) groups is 1. The van der Waals surface area contributed by atoms with E-state index >= 15 is 0 Å². The number of hydrogen-bond donors (Lipinski definition) is 1. The number of amides is 1.